The van der Waals surface area contributed by atoms with Gasteiger partial charge in [-0.2, -0.15) is 0 Å². The van der Waals surface area contributed by atoms with Gasteiger partial charge in [0.25, 0.3) is 0 Å². The Morgan fingerprint density at radius 2 is 1.95 bits per heavy atom. The fourth-order valence-corrected chi connectivity index (χ4v) is 2.96. The number of benzene rings is 1. The highest BCUT2D eigenvalue weighted by Crippen LogP contribution is 2.28. The van der Waals surface area contributed by atoms with Gasteiger partial charge in [-0.25, -0.2) is 0 Å². The number of halogens is 1. The van der Waals surface area contributed by atoms with Crippen molar-refractivity contribution in [2.24, 2.45) is 0 Å². The zero-order chi connectivity index (χ0) is 14.2. The van der Waals surface area contributed by atoms with Gasteiger partial charge in [-0.05, 0) is 30.5 Å². The summed E-state index contributed by atoms with van der Waals surface area (Å²) in [5.41, 5.74) is 2.42. The number of rotatable bonds is 6. The Labute approximate surface area is 127 Å². The van der Waals surface area contributed by atoms with Gasteiger partial charge in [-0.3, -0.25) is 0 Å². The Kier molecular flexibility index (Phi) is 6.64. The molecule has 1 N–H and O–H groups in total. The maximum atomic E-state index is 6.46. The van der Waals surface area contributed by atoms with E-state index in [9.17, 15) is 0 Å². The van der Waals surface area contributed by atoms with Crippen LogP contribution in [0.5, 0.6) is 0 Å². The van der Waals surface area contributed by atoms with Crippen LogP contribution in [-0.4, -0.2) is 33.4 Å². The summed E-state index contributed by atoms with van der Waals surface area (Å²) in [4.78, 5) is 2.43. The summed E-state index contributed by atoms with van der Waals surface area (Å²) in [7, 11) is 1.72. The van der Waals surface area contributed by atoms with Gasteiger partial charge in [0, 0.05) is 33.3 Å². The second kappa shape index (κ2) is 8.50. The molecule has 1 saturated heterocycles. The average Bonchev–Trinajstić information content (AvgIpc) is 2.73. The van der Waals surface area contributed by atoms with Crippen molar-refractivity contribution in [1.82, 2.24) is 5.32 Å². The van der Waals surface area contributed by atoms with Crippen molar-refractivity contribution >= 4 is 17.3 Å². The molecule has 1 fully saturated rings. The highest BCUT2D eigenvalue weighted by molar-refractivity contribution is 6.33. The molecule has 1 aromatic carbocycles. The van der Waals surface area contributed by atoms with Crippen LogP contribution in [0.4, 0.5) is 5.69 Å². The second-order valence-corrected chi connectivity index (χ2v) is 5.76. The molecule has 0 amide bonds. The minimum atomic E-state index is 0.736. The molecule has 1 aliphatic heterocycles. The summed E-state index contributed by atoms with van der Waals surface area (Å²) in [6, 6.07) is 6.43. The molecule has 1 aliphatic rings. The van der Waals surface area contributed by atoms with Gasteiger partial charge in [0.2, 0.25) is 0 Å². The number of hydrogen-bond acceptors (Lipinski definition) is 3. The first-order valence-corrected chi connectivity index (χ1v) is 7.92. The van der Waals surface area contributed by atoms with E-state index in [2.05, 4.69) is 28.4 Å². The smallest absolute Gasteiger partial charge is 0.0642 e. The number of ether oxygens (including phenoxy) is 1. The normalized spacial score (nSPS) is 16.2. The molecular formula is C16H25ClN2O. The molecule has 0 radical (unpaired) electrons. The van der Waals surface area contributed by atoms with E-state index in [-0.39, 0.29) is 0 Å². The molecule has 20 heavy (non-hydrogen) atoms. The first kappa shape index (κ1) is 15.6. The lowest BCUT2D eigenvalue weighted by Gasteiger charge is -2.24. The predicted octanol–water partition coefficient (Wildman–Crippen LogP) is 3.46. The van der Waals surface area contributed by atoms with Crippen LogP contribution in [-0.2, 0) is 11.3 Å². The van der Waals surface area contributed by atoms with E-state index < -0.39 is 0 Å². The Morgan fingerprint density at radius 1 is 1.20 bits per heavy atom. The van der Waals surface area contributed by atoms with E-state index in [0.29, 0.717) is 0 Å². The van der Waals surface area contributed by atoms with Crippen molar-refractivity contribution in [2.75, 3.05) is 38.3 Å². The molecule has 3 nitrogen and oxygen atoms in total. The second-order valence-electron chi connectivity index (χ2n) is 5.36. The summed E-state index contributed by atoms with van der Waals surface area (Å²) in [5, 5.41) is 4.21. The Hall–Kier alpha value is -0.770. The van der Waals surface area contributed by atoms with Crippen LogP contribution >= 0.6 is 11.6 Å². The van der Waals surface area contributed by atoms with Crippen molar-refractivity contribution < 1.29 is 4.74 Å². The third kappa shape index (κ3) is 4.65. The summed E-state index contributed by atoms with van der Waals surface area (Å²) < 4.78 is 5.02. The molecule has 0 bridgehead atoms. The lowest BCUT2D eigenvalue weighted by atomic mass is 10.2. The molecule has 112 valence electrons. The molecule has 0 aliphatic carbocycles. The standard InChI is InChI=1S/C16H25ClN2O/c1-20-11-8-18-13-14-6-7-16(15(17)12-14)19-9-4-2-3-5-10-19/h6-7,12,18H,2-5,8-11,13H2,1H3. The molecule has 0 aromatic heterocycles. The first-order valence-electron chi connectivity index (χ1n) is 7.54. The van der Waals surface area contributed by atoms with Crippen LogP contribution in [0.2, 0.25) is 5.02 Å². The van der Waals surface area contributed by atoms with E-state index in [4.69, 9.17) is 16.3 Å². The largest absolute Gasteiger partial charge is 0.383 e. The monoisotopic (exact) mass is 296 g/mol. The molecule has 0 unspecified atom stereocenters. The number of anilines is 1. The van der Waals surface area contributed by atoms with Gasteiger partial charge in [0.15, 0.2) is 0 Å². The lowest BCUT2D eigenvalue weighted by Crippen LogP contribution is -2.24. The average molecular weight is 297 g/mol. The molecular weight excluding hydrogens is 272 g/mol. The molecule has 1 aromatic rings. The summed E-state index contributed by atoms with van der Waals surface area (Å²) in [6.07, 6.45) is 5.23. The third-order valence-corrected chi connectivity index (χ3v) is 4.07. The van der Waals surface area contributed by atoms with Crippen LogP contribution in [0.25, 0.3) is 0 Å². The Bertz CT molecular complexity index is 403. The van der Waals surface area contributed by atoms with Crippen LogP contribution in [0, 0.1) is 0 Å². The Morgan fingerprint density at radius 3 is 2.60 bits per heavy atom. The van der Waals surface area contributed by atoms with Crippen molar-refractivity contribution in [3.8, 4) is 0 Å². The molecule has 2 rings (SSSR count). The van der Waals surface area contributed by atoms with E-state index in [1.165, 1.54) is 36.9 Å². The SMILES string of the molecule is COCCNCc1ccc(N2CCCCCC2)c(Cl)c1. The highest BCUT2D eigenvalue weighted by Gasteiger charge is 2.13. The van der Waals surface area contributed by atoms with Gasteiger partial charge in [-0.15, -0.1) is 0 Å². The molecule has 1 heterocycles. The van der Waals surface area contributed by atoms with E-state index in [1.54, 1.807) is 7.11 Å². The topological polar surface area (TPSA) is 24.5 Å². The number of nitrogens with zero attached hydrogens (tertiary/aromatic N) is 1. The maximum Gasteiger partial charge on any atom is 0.0642 e. The van der Waals surface area contributed by atoms with E-state index in [0.717, 1.165) is 37.8 Å². The third-order valence-electron chi connectivity index (χ3n) is 3.77. The van der Waals surface area contributed by atoms with Crippen LogP contribution in [0.3, 0.4) is 0 Å². The number of methoxy groups -OCH3 is 1. The van der Waals surface area contributed by atoms with Crippen molar-refractivity contribution in [3.05, 3.63) is 28.8 Å². The van der Waals surface area contributed by atoms with Gasteiger partial charge in [0.05, 0.1) is 17.3 Å². The highest BCUT2D eigenvalue weighted by atomic mass is 35.5. The fourth-order valence-electron chi connectivity index (χ4n) is 2.64. The first-order chi connectivity index (χ1) is 9.81. The minimum absolute atomic E-state index is 0.736. The summed E-state index contributed by atoms with van der Waals surface area (Å²) >= 11 is 6.46. The van der Waals surface area contributed by atoms with E-state index in [1.807, 2.05) is 0 Å². The molecule has 0 saturated carbocycles. The van der Waals surface area contributed by atoms with Crippen molar-refractivity contribution in [1.29, 1.82) is 0 Å². The molecule has 0 spiro atoms. The summed E-state index contributed by atoms with van der Waals surface area (Å²) in [5.74, 6) is 0. The summed E-state index contributed by atoms with van der Waals surface area (Å²) in [6.45, 7) is 4.70. The zero-order valence-electron chi connectivity index (χ0n) is 12.3. The van der Waals surface area contributed by atoms with Crippen molar-refractivity contribution in [2.45, 2.75) is 32.2 Å². The Balaban J connectivity index is 1.94. The number of hydrogen-bond donors (Lipinski definition) is 1. The van der Waals surface area contributed by atoms with Crippen LogP contribution in [0.15, 0.2) is 18.2 Å². The van der Waals surface area contributed by atoms with Crippen LogP contribution in [0.1, 0.15) is 31.2 Å². The van der Waals surface area contributed by atoms with E-state index >= 15 is 0 Å². The van der Waals surface area contributed by atoms with Crippen molar-refractivity contribution in [3.63, 3.8) is 0 Å². The van der Waals surface area contributed by atoms with Gasteiger partial charge in [0.1, 0.15) is 0 Å². The van der Waals surface area contributed by atoms with Gasteiger partial charge >= 0.3 is 0 Å². The zero-order valence-corrected chi connectivity index (χ0v) is 13.1. The van der Waals surface area contributed by atoms with Crippen LogP contribution < -0.4 is 10.2 Å². The van der Waals surface area contributed by atoms with Gasteiger partial charge in [-0.1, -0.05) is 30.5 Å². The molecule has 0 atom stereocenters. The van der Waals surface area contributed by atoms with Gasteiger partial charge < -0.3 is 15.0 Å². The maximum absolute atomic E-state index is 6.46. The molecule has 4 heteroatoms. The minimum Gasteiger partial charge on any atom is -0.383 e. The predicted molar refractivity (Wildman–Crippen MR) is 85.7 cm³/mol. The number of nitrogens with one attached hydrogen (secondary N) is 1. The fraction of sp³-hybridized carbons (Fsp3) is 0.625. The quantitative estimate of drug-likeness (QED) is 0.814. The lowest BCUT2D eigenvalue weighted by molar-refractivity contribution is 0.199.